The van der Waals surface area contributed by atoms with Crippen molar-refractivity contribution in [3.05, 3.63) is 65.7 Å². The molecule has 2 aromatic carbocycles. The molecule has 0 atom stereocenters. The molecular formula is C16H14FNO. The van der Waals surface area contributed by atoms with Gasteiger partial charge in [0.1, 0.15) is 17.2 Å². The van der Waals surface area contributed by atoms with Crippen molar-refractivity contribution in [2.24, 2.45) is 0 Å². The molecule has 0 aliphatic carbocycles. The highest BCUT2D eigenvalue weighted by Crippen LogP contribution is 2.21. The van der Waals surface area contributed by atoms with Crippen LogP contribution in [0.5, 0.6) is 0 Å². The largest absolute Gasteiger partial charge is 0.459 e. The topological polar surface area (TPSA) is 25.2 Å². The fourth-order valence-electron chi connectivity index (χ4n) is 2.07. The zero-order chi connectivity index (χ0) is 13.2. The van der Waals surface area contributed by atoms with E-state index < -0.39 is 0 Å². The minimum atomic E-state index is -0.240. The summed E-state index contributed by atoms with van der Waals surface area (Å²) in [6.07, 6.45) is 0. The molecule has 0 saturated heterocycles. The van der Waals surface area contributed by atoms with E-state index in [1.165, 1.54) is 6.07 Å². The number of aryl methyl sites for hydroxylation is 1. The number of hydrogen-bond acceptors (Lipinski definition) is 2. The van der Waals surface area contributed by atoms with E-state index in [-0.39, 0.29) is 5.82 Å². The van der Waals surface area contributed by atoms with Gasteiger partial charge in [-0.3, -0.25) is 0 Å². The number of halogens is 1. The Hall–Kier alpha value is -2.29. The molecule has 3 rings (SSSR count). The quantitative estimate of drug-likeness (QED) is 0.745. The third kappa shape index (κ3) is 2.45. The van der Waals surface area contributed by atoms with E-state index in [0.717, 1.165) is 22.3 Å². The van der Waals surface area contributed by atoms with Gasteiger partial charge in [0.2, 0.25) is 0 Å². The van der Waals surface area contributed by atoms with E-state index in [9.17, 15) is 4.39 Å². The highest BCUT2D eigenvalue weighted by molar-refractivity contribution is 5.77. The molecule has 0 unspecified atom stereocenters. The van der Waals surface area contributed by atoms with Crippen molar-refractivity contribution in [3.63, 3.8) is 0 Å². The molecule has 2 nitrogen and oxygen atoms in total. The number of benzene rings is 2. The summed E-state index contributed by atoms with van der Waals surface area (Å²) in [6.45, 7) is 2.33. The number of nitrogens with one attached hydrogen (secondary N) is 1. The van der Waals surface area contributed by atoms with E-state index in [1.807, 2.05) is 43.3 Å². The molecule has 3 aromatic rings. The molecule has 0 bridgehead atoms. The molecule has 19 heavy (non-hydrogen) atoms. The van der Waals surface area contributed by atoms with Crippen LogP contribution in [0.25, 0.3) is 11.0 Å². The first-order valence-corrected chi connectivity index (χ1v) is 6.20. The fraction of sp³-hybridized carbons (Fsp3) is 0.125. The van der Waals surface area contributed by atoms with Gasteiger partial charge in [0.15, 0.2) is 0 Å². The van der Waals surface area contributed by atoms with E-state index in [4.69, 9.17) is 4.42 Å². The van der Waals surface area contributed by atoms with Crippen LogP contribution in [0.3, 0.4) is 0 Å². The van der Waals surface area contributed by atoms with Crippen molar-refractivity contribution in [3.8, 4) is 0 Å². The highest BCUT2D eigenvalue weighted by atomic mass is 19.1. The standard InChI is InChI=1S/C16H14FNO/c1-11-6-7-15(14(17)8-11)18-10-13-9-12-4-2-3-5-16(12)19-13/h2-9,18H,10H2,1H3. The normalized spacial score (nSPS) is 10.8. The minimum absolute atomic E-state index is 0.240. The maximum atomic E-state index is 13.7. The molecule has 0 aliphatic rings. The van der Waals surface area contributed by atoms with E-state index >= 15 is 0 Å². The molecule has 0 radical (unpaired) electrons. The van der Waals surface area contributed by atoms with Gasteiger partial charge in [-0.15, -0.1) is 0 Å². The fourth-order valence-corrected chi connectivity index (χ4v) is 2.07. The van der Waals surface area contributed by atoms with Crippen LogP contribution in [0.15, 0.2) is 52.9 Å². The zero-order valence-electron chi connectivity index (χ0n) is 10.6. The molecule has 1 aromatic heterocycles. The third-order valence-corrected chi connectivity index (χ3v) is 3.05. The number of furan rings is 1. The summed E-state index contributed by atoms with van der Waals surface area (Å²) < 4.78 is 19.3. The van der Waals surface area contributed by atoms with Gasteiger partial charge in [-0.1, -0.05) is 24.3 Å². The van der Waals surface area contributed by atoms with Gasteiger partial charge in [0, 0.05) is 5.39 Å². The average molecular weight is 255 g/mol. The van der Waals surface area contributed by atoms with E-state index in [2.05, 4.69) is 5.32 Å². The minimum Gasteiger partial charge on any atom is -0.459 e. The van der Waals surface area contributed by atoms with E-state index in [0.29, 0.717) is 12.2 Å². The van der Waals surface area contributed by atoms with E-state index in [1.54, 1.807) is 6.07 Å². The van der Waals surface area contributed by atoms with Gasteiger partial charge < -0.3 is 9.73 Å². The second kappa shape index (κ2) is 4.76. The smallest absolute Gasteiger partial charge is 0.146 e. The summed E-state index contributed by atoms with van der Waals surface area (Å²) in [5.74, 6) is 0.553. The lowest BCUT2D eigenvalue weighted by atomic mass is 10.2. The summed E-state index contributed by atoms with van der Waals surface area (Å²) in [5, 5.41) is 4.11. The van der Waals surface area contributed by atoms with Crippen LogP contribution in [0, 0.1) is 12.7 Å². The van der Waals surface area contributed by atoms with Crippen LogP contribution in [-0.4, -0.2) is 0 Å². The van der Waals surface area contributed by atoms with Gasteiger partial charge in [-0.05, 0) is 36.8 Å². The predicted molar refractivity (Wildman–Crippen MR) is 74.7 cm³/mol. The molecule has 1 N–H and O–H groups in total. The second-order valence-electron chi connectivity index (χ2n) is 4.59. The van der Waals surface area contributed by atoms with Gasteiger partial charge >= 0.3 is 0 Å². The first-order chi connectivity index (χ1) is 9.22. The van der Waals surface area contributed by atoms with Crippen molar-refractivity contribution in [1.82, 2.24) is 0 Å². The summed E-state index contributed by atoms with van der Waals surface area (Å²) in [5.41, 5.74) is 2.25. The summed E-state index contributed by atoms with van der Waals surface area (Å²) in [4.78, 5) is 0. The Bertz CT molecular complexity index is 685. The number of anilines is 1. The Morgan fingerprint density at radius 2 is 1.95 bits per heavy atom. The molecule has 0 spiro atoms. The van der Waals surface area contributed by atoms with Crippen LogP contribution in [0.2, 0.25) is 0 Å². The molecule has 3 heteroatoms. The van der Waals surface area contributed by atoms with Crippen molar-refractivity contribution >= 4 is 16.7 Å². The molecule has 0 fully saturated rings. The number of rotatable bonds is 3. The van der Waals surface area contributed by atoms with Gasteiger partial charge in [0.25, 0.3) is 0 Å². The molecule has 0 amide bonds. The van der Waals surface area contributed by atoms with Crippen LogP contribution >= 0.6 is 0 Å². The van der Waals surface area contributed by atoms with Crippen molar-refractivity contribution in [2.75, 3.05) is 5.32 Å². The molecule has 96 valence electrons. The SMILES string of the molecule is Cc1ccc(NCc2cc3ccccc3o2)c(F)c1. The summed E-state index contributed by atoms with van der Waals surface area (Å²) in [6, 6.07) is 14.9. The lowest BCUT2D eigenvalue weighted by Crippen LogP contribution is -2.00. The predicted octanol–water partition coefficient (Wildman–Crippen LogP) is 4.49. The van der Waals surface area contributed by atoms with Gasteiger partial charge in [-0.2, -0.15) is 0 Å². The third-order valence-electron chi connectivity index (χ3n) is 3.05. The Labute approximate surface area is 110 Å². The molecule has 0 saturated carbocycles. The molecule has 0 aliphatic heterocycles. The summed E-state index contributed by atoms with van der Waals surface area (Å²) >= 11 is 0. The average Bonchev–Trinajstić information content (AvgIpc) is 2.80. The second-order valence-corrected chi connectivity index (χ2v) is 4.59. The first kappa shape index (κ1) is 11.8. The summed E-state index contributed by atoms with van der Waals surface area (Å²) in [7, 11) is 0. The Balaban J connectivity index is 1.78. The van der Waals surface area contributed by atoms with Gasteiger partial charge in [0.05, 0.1) is 12.2 Å². The van der Waals surface area contributed by atoms with Crippen molar-refractivity contribution in [1.29, 1.82) is 0 Å². The maximum Gasteiger partial charge on any atom is 0.146 e. The van der Waals surface area contributed by atoms with Crippen LogP contribution in [0.4, 0.5) is 10.1 Å². The number of hydrogen-bond donors (Lipinski definition) is 1. The van der Waals surface area contributed by atoms with Crippen LogP contribution in [-0.2, 0) is 6.54 Å². The number of fused-ring (bicyclic) bond motifs is 1. The maximum absolute atomic E-state index is 13.7. The Kier molecular flexibility index (Phi) is 2.95. The Morgan fingerprint density at radius 3 is 2.74 bits per heavy atom. The highest BCUT2D eigenvalue weighted by Gasteiger charge is 2.05. The molecular weight excluding hydrogens is 241 g/mol. The molecule has 1 heterocycles. The zero-order valence-corrected chi connectivity index (χ0v) is 10.6. The van der Waals surface area contributed by atoms with Crippen molar-refractivity contribution < 1.29 is 8.81 Å². The first-order valence-electron chi connectivity index (χ1n) is 6.20. The van der Waals surface area contributed by atoms with Crippen molar-refractivity contribution in [2.45, 2.75) is 13.5 Å². The Morgan fingerprint density at radius 1 is 1.11 bits per heavy atom. The monoisotopic (exact) mass is 255 g/mol. The lowest BCUT2D eigenvalue weighted by molar-refractivity contribution is 0.558. The lowest BCUT2D eigenvalue weighted by Gasteiger charge is -2.06. The number of para-hydroxylation sites is 1. The van der Waals surface area contributed by atoms with Gasteiger partial charge in [-0.25, -0.2) is 4.39 Å². The van der Waals surface area contributed by atoms with Crippen LogP contribution < -0.4 is 5.32 Å². The van der Waals surface area contributed by atoms with Crippen LogP contribution in [0.1, 0.15) is 11.3 Å².